The molecule has 1 rings (SSSR count). The van der Waals surface area contributed by atoms with E-state index < -0.39 is 11.7 Å². The van der Waals surface area contributed by atoms with Gasteiger partial charge in [0.15, 0.2) is 5.84 Å². The van der Waals surface area contributed by atoms with Crippen LogP contribution in [0.2, 0.25) is 0 Å². The molecular formula is C12H15BrFN3O2. The first-order valence-electron chi connectivity index (χ1n) is 5.59. The molecule has 0 unspecified atom stereocenters. The number of oxime groups is 1. The number of carbonyl (C=O) groups excluding carboxylic acids is 1. The van der Waals surface area contributed by atoms with Crippen LogP contribution < -0.4 is 5.73 Å². The Kier molecular flexibility index (Phi) is 5.29. The number of benzene rings is 1. The van der Waals surface area contributed by atoms with Gasteiger partial charge in [-0.25, -0.2) is 4.39 Å². The van der Waals surface area contributed by atoms with Crippen molar-refractivity contribution in [3.8, 4) is 0 Å². The fourth-order valence-electron chi connectivity index (χ4n) is 1.52. The van der Waals surface area contributed by atoms with Gasteiger partial charge in [0, 0.05) is 6.04 Å². The highest BCUT2D eigenvalue weighted by Crippen LogP contribution is 2.22. The van der Waals surface area contributed by atoms with Crippen LogP contribution in [0.5, 0.6) is 0 Å². The highest BCUT2D eigenvalue weighted by molar-refractivity contribution is 9.10. The highest BCUT2D eigenvalue weighted by Gasteiger charge is 2.23. The molecule has 0 heterocycles. The van der Waals surface area contributed by atoms with Gasteiger partial charge < -0.3 is 15.8 Å². The van der Waals surface area contributed by atoms with Crippen molar-refractivity contribution in [3.63, 3.8) is 0 Å². The van der Waals surface area contributed by atoms with E-state index in [4.69, 9.17) is 10.9 Å². The summed E-state index contributed by atoms with van der Waals surface area (Å²) in [4.78, 5) is 13.7. The largest absolute Gasteiger partial charge is 0.409 e. The van der Waals surface area contributed by atoms with E-state index in [0.29, 0.717) is 0 Å². The Morgan fingerprint density at radius 3 is 2.74 bits per heavy atom. The summed E-state index contributed by atoms with van der Waals surface area (Å²) in [5, 5.41) is 11.4. The molecule has 0 saturated carbocycles. The summed E-state index contributed by atoms with van der Waals surface area (Å²) in [7, 11) is 0. The summed E-state index contributed by atoms with van der Waals surface area (Å²) in [6, 6.07) is 4.04. The first-order valence-corrected chi connectivity index (χ1v) is 6.39. The van der Waals surface area contributed by atoms with Crippen LogP contribution >= 0.6 is 15.9 Å². The summed E-state index contributed by atoms with van der Waals surface area (Å²) in [5.41, 5.74) is 5.61. The molecule has 7 heteroatoms. The standard InChI is InChI=1S/C12H15BrFN3O2/c1-7(2)17(6-10(15)16-19)12(18)8-4-3-5-9(14)11(8)13/h3-5,7,19H,6H2,1-2H3,(H2,15,16). The molecule has 0 aliphatic carbocycles. The SMILES string of the molecule is CC(C)N(C/C(N)=N/O)C(=O)c1cccc(F)c1Br. The lowest BCUT2D eigenvalue weighted by atomic mass is 10.1. The van der Waals surface area contributed by atoms with Crippen LogP contribution in [-0.4, -0.2) is 34.4 Å². The molecule has 0 fully saturated rings. The zero-order valence-electron chi connectivity index (χ0n) is 10.6. The number of amides is 1. The summed E-state index contributed by atoms with van der Waals surface area (Å²) in [6.45, 7) is 3.54. The number of nitrogens with zero attached hydrogens (tertiary/aromatic N) is 2. The fraction of sp³-hybridized carbons (Fsp3) is 0.333. The van der Waals surface area contributed by atoms with Crippen molar-refractivity contribution >= 4 is 27.7 Å². The summed E-state index contributed by atoms with van der Waals surface area (Å²) >= 11 is 3.05. The molecule has 0 spiro atoms. The molecule has 1 aromatic carbocycles. The van der Waals surface area contributed by atoms with Crippen LogP contribution in [-0.2, 0) is 0 Å². The predicted octanol–water partition coefficient (Wildman–Crippen LogP) is 2.19. The summed E-state index contributed by atoms with van der Waals surface area (Å²) in [6.07, 6.45) is 0. The Bertz CT molecular complexity index is 506. The van der Waals surface area contributed by atoms with Gasteiger partial charge in [-0.1, -0.05) is 11.2 Å². The van der Waals surface area contributed by atoms with E-state index in [1.807, 2.05) is 0 Å². The Balaban J connectivity index is 3.10. The first kappa shape index (κ1) is 15.4. The summed E-state index contributed by atoms with van der Waals surface area (Å²) < 4.78 is 13.5. The molecule has 0 aromatic heterocycles. The number of hydrogen-bond acceptors (Lipinski definition) is 3. The zero-order valence-corrected chi connectivity index (χ0v) is 12.2. The maximum absolute atomic E-state index is 13.4. The normalized spacial score (nSPS) is 11.7. The van der Waals surface area contributed by atoms with E-state index in [9.17, 15) is 9.18 Å². The van der Waals surface area contributed by atoms with Gasteiger partial charge in [0.2, 0.25) is 0 Å². The number of rotatable bonds is 4. The number of halogens is 2. The van der Waals surface area contributed by atoms with Crippen LogP contribution in [0.3, 0.4) is 0 Å². The Morgan fingerprint density at radius 2 is 2.21 bits per heavy atom. The second kappa shape index (κ2) is 6.51. The van der Waals surface area contributed by atoms with Crippen molar-refractivity contribution in [2.75, 3.05) is 6.54 Å². The highest BCUT2D eigenvalue weighted by atomic mass is 79.9. The van der Waals surface area contributed by atoms with Crippen LogP contribution in [0.25, 0.3) is 0 Å². The monoisotopic (exact) mass is 331 g/mol. The van der Waals surface area contributed by atoms with Gasteiger partial charge in [-0.3, -0.25) is 4.79 Å². The number of nitrogens with two attached hydrogens (primary N) is 1. The molecule has 0 aliphatic rings. The minimum Gasteiger partial charge on any atom is -0.409 e. The van der Waals surface area contributed by atoms with Crippen LogP contribution in [0.15, 0.2) is 27.8 Å². The van der Waals surface area contributed by atoms with E-state index in [2.05, 4.69) is 21.1 Å². The van der Waals surface area contributed by atoms with E-state index >= 15 is 0 Å². The molecule has 5 nitrogen and oxygen atoms in total. The summed E-state index contributed by atoms with van der Waals surface area (Å²) in [5.74, 6) is -0.999. The van der Waals surface area contributed by atoms with Crippen LogP contribution in [0.4, 0.5) is 4.39 Å². The van der Waals surface area contributed by atoms with Gasteiger partial charge in [-0.15, -0.1) is 0 Å². The minimum atomic E-state index is -0.515. The third-order valence-electron chi connectivity index (χ3n) is 2.53. The van der Waals surface area contributed by atoms with Gasteiger partial charge in [0.1, 0.15) is 5.82 Å². The quantitative estimate of drug-likeness (QED) is 0.384. The molecule has 19 heavy (non-hydrogen) atoms. The van der Waals surface area contributed by atoms with Crippen LogP contribution in [0, 0.1) is 5.82 Å². The Morgan fingerprint density at radius 1 is 1.58 bits per heavy atom. The van der Waals surface area contributed by atoms with Crippen molar-refractivity contribution in [2.45, 2.75) is 19.9 Å². The average Bonchev–Trinajstić information content (AvgIpc) is 2.37. The molecule has 3 N–H and O–H groups in total. The van der Waals surface area contributed by atoms with Gasteiger partial charge in [-0.05, 0) is 41.9 Å². The Hall–Kier alpha value is -1.63. The van der Waals surface area contributed by atoms with Gasteiger partial charge in [-0.2, -0.15) is 0 Å². The predicted molar refractivity (Wildman–Crippen MR) is 73.7 cm³/mol. The Labute approximate surface area is 119 Å². The van der Waals surface area contributed by atoms with Crippen molar-refractivity contribution < 1.29 is 14.4 Å². The fourth-order valence-corrected chi connectivity index (χ4v) is 1.95. The maximum atomic E-state index is 13.4. The lowest BCUT2D eigenvalue weighted by Gasteiger charge is -2.26. The lowest BCUT2D eigenvalue weighted by Crippen LogP contribution is -2.43. The molecule has 0 bridgehead atoms. The van der Waals surface area contributed by atoms with Crippen LogP contribution in [0.1, 0.15) is 24.2 Å². The number of amidine groups is 1. The van der Waals surface area contributed by atoms with E-state index in [0.717, 1.165) is 0 Å². The van der Waals surface area contributed by atoms with Crippen molar-refractivity contribution in [1.82, 2.24) is 4.90 Å². The molecule has 0 atom stereocenters. The third-order valence-corrected chi connectivity index (χ3v) is 3.33. The molecular weight excluding hydrogens is 317 g/mol. The molecule has 104 valence electrons. The lowest BCUT2D eigenvalue weighted by molar-refractivity contribution is 0.0732. The minimum absolute atomic E-state index is 0.0318. The van der Waals surface area contributed by atoms with Crippen molar-refractivity contribution in [2.24, 2.45) is 10.9 Å². The molecule has 0 aliphatic heterocycles. The molecule has 1 aromatic rings. The van der Waals surface area contributed by atoms with Gasteiger partial charge in [0.25, 0.3) is 5.91 Å². The molecule has 1 amide bonds. The van der Waals surface area contributed by atoms with Gasteiger partial charge >= 0.3 is 0 Å². The first-order chi connectivity index (χ1) is 8.88. The van der Waals surface area contributed by atoms with E-state index in [1.165, 1.54) is 23.1 Å². The van der Waals surface area contributed by atoms with Crippen molar-refractivity contribution in [1.29, 1.82) is 0 Å². The third kappa shape index (κ3) is 3.66. The smallest absolute Gasteiger partial charge is 0.255 e. The average molecular weight is 332 g/mol. The topological polar surface area (TPSA) is 78.9 Å². The van der Waals surface area contributed by atoms with E-state index in [1.54, 1.807) is 13.8 Å². The van der Waals surface area contributed by atoms with Crippen molar-refractivity contribution in [3.05, 3.63) is 34.1 Å². The second-order valence-electron chi connectivity index (χ2n) is 4.22. The number of carbonyl (C=O) groups is 1. The maximum Gasteiger partial charge on any atom is 0.255 e. The molecule has 0 saturated heterocycles. The number of hydrogen-bond donors (Lipinski definition) is 2. The second-order valence-corrected chi connectivity index (χ2v) is 5.01. The molecule has 0 radical (unpaired) electrons. The van der Waals surface area contributed by atoms with Gasteiger partial charge in [0.05, 0.1) is 16.6 Å². The van der Waals surface area contributed by atoms with E-state index in [-0.39, 0.29) is 28.5 Å². The zero-order chi connectivity index (χ0) is 14.6.